The molecule has 0 saturated heterocycles. The third-order valence-corrected chi connectivity index (χ3v) is 0.546. The van der Waals surface area contributed by atoms with Gasteiger partial charge in [0.15, 0.2) is 0 Å². The van der Waals surface area contributed by atoms with Crippen molar-refractivity contribution in [1.82, 2.24) is 0 Å². The van der Waals surface area contributed by atoms with E-state index in [9.17, 15) is 0 Å². The van der Waals surface area contributed by atoms with Gasteiger partial charge in [0.05, 0.1) is 6.61 Å². The Hall–Kier alpha value is 0.770. The van der Waals surface area contributed by atoms with Crippen molar-refractivity contribution in [3.8, 4) is 0 Å². The molecule has 0 aromatic carbocycles. The van der Waals surface area contributed by atoms with E-state index in [1.807, 2.05) is 0 Å². The summed E-state index contributed by atoms with van der Waals surface area (Å²) in [5.41, 5.74) is 0. The van der Waals surface area contributed by atoms with Crippen molar-refractivity contribution in [2.24, 2.45) is 0 Å². The van der Waals surface area contributed by atoms with Gasteiger partial charge in [-0.1, -0.05) is 6.08 Å². The standard InChI is InChI=1S/C6H11O2.Na.H3O4P/c1-3-4-8-5-6(2)7;;1-5(2,3)4/h3,6-7H,1-2,4-5H2;;(H3,1,2,3,4)/q-1;+1;. The van der Waals surface area contributed by atoms with Gasteiger partial charge in [0.1, 0.15) is 0 Å². The van der Waals surface area contributed by atoms with Crippen LogP contribution >= 0.6 is 7.82 Å². The molecule has 1 atom stereocenters. The number of ether oxygens (including phenoxy) is 1. The molecule has 8 heteroatoms. The second kappa shape index (κ2) is 11.8. The Morgan fingerprint density at radius 2 is 1.86 bits per heavy atom. The van der Waals surface area contributed by atoms with Crippen LogP contribution in [0.3, 0.4) is 0 Å². The fraction of sp³-hybridized carbons (Fsp3) is 0.500. The van der Waals surface area contributed by atoms with E-state index < -0.39 is 13.9 Å². The van der Waals surface area contributed by atoms with Gasteiger partial charge >= 0.3 is 37.4 Å². The summed E-state index contributed by atoms with van der Waals surface area (Å²) in [6, 6.07) is 0. The number of rotatable bonds is 4. The summed E-state index contributed by atoms with van der Waals surface area (Å²) in [6.07, 6.45) is 1.01. The number of hydrogen-bond donors (Lipinski definition) is 4. The van der Waals surface area contributed by atoms with E-state index >= 15 is 0 Å². The Kier molecular flexibility index (Phi) is 17.1. The first-order valence-electron chi connectivity index (χ1n) is 3.25. The van der Waals surface area contributed by atoms with E-state index in [1.54, 1.807) is 6.08 Å². The Balaban J connectivity index is -0.000000177. The molecule has 80 valence electrons. The molecule has 0 saturated carbocycles. The van der Waals surface area contributed by atoms with Gasteiger partial charge < -0.3 is 31.4 Å². The van der Waals surface area contributed by atoms with Crippen molar-refractivity contribution in [1.29, 1.82) is 0 Å². The van der Waals surface area contributed by atoms with Crippen molar-refractivity contribution < 1.29 is 58.6 Å². The Morgan fingerprint density at radius 3 is 2.07 bits per heavy atom. The van der Waals surface area contributed by atoms with Crippen LogP contribution in [0.4, 0.5) is 0 Å². The van der Waals surface area contributed by atoms with Gasteiger partial charge in [-0.15, -0.1) is 6.58 Å². The van der Waals surface area contributed by atoms with Crippen LogP contribution in [0.2, 0.25) is 0 Å². The fourth-order valence-electron chi connectivity index (χ4n) is 0.287. The first kappa shape index (κ1) is 20.2. The minimum absolute atomic E-state index is 0. The van der Waals surface area contributed by atoms with Gasteiger partial charge in [0, 0.05) is 6.61 Å². The molecule has 0 aromatic rings. The predicted molar refractivity (Wildman–Crippen MR) is 46.6 cm³/mol. The normalized spacial score (nSPS) is 11.8. The zero-order valence-corrected chi connectivity index (χ0v) is 10.9. The van der Waals surface area contributed by atoms with E-state index in [4.69, 9.17) is 29.1 Å². The summed E-state index contributed by atoms with van der Waals surface area (Å²) in [5, 5.41) is 8.51. The van der Waals surface area contributed by atoms with Crippen molar-refractivity contribution in [2.45, 2.75) is 6.10 Å². The molecule has 4 N–H and O–H groups in total. The van der Waals surface area contributed by atoms with Crippen LogP contribution in [0.15, 0.2) is 12.7 Å². The van der Waals surface area contributed by atoms with Crippen LogP contribution in [-0.2, 0) is 9.30 Å². The molecule has 0 aromatic heterocycles. The van der Waals surface area contributed by atoms with Crippen LogP contribution in [0, 0.1) is 6.92 Å². The Morgan fingerprint density at radius 1 is 1.50 bits per heavy atom. The molecular formula is C6H14NaO6P. The van der Waals surface area contributed by atoms with Crippen molar-refractivity contribution >= 4 is 7.82 Å². The number of phosphoric acid groups is 1. The summed E-state index contributed by atoms with van der Waals surface area (Å²) in [7, 11) is -4.64. The number of aliphatic hydroxyl groups is 1. The van der Waals surface area contributed by atoms with Crippen LogP contribution in [0.1, 0.15) is 0 Å². The molecule has 0 radical (unpaired) electrons. The minimum Gasteiger partial charge on any atom is -0.423 e. The predicted octanol–water partition coefficient (Wildman–Crippen LogP) is -3.54. The summed E-state index contributed by atoms with van der Waals surface area (Å²) in [5.74, 6) is 0. The van der Waals surface area contributed by atoms with Gasteiger partial charge in [-0.3, -0.25) is 0 Å². The molecule has 14 heavy (non-hydrogen) atoms. The third-order valence-electron chi connectivity index (χ3n) is 0.546. The molecule has 0 spiro atoms. The molecular weight excluding hydrogens is 222 g/mol. The third kappa shape index (κ3) is 53.1. The van der Waals surface area contributed by atoms with Crippen LogP contribution in [-0.4, -0.2) is 39.1 Å². The molecule has 0 aliphatic carbocycles. The van der Waals surface area contributed by atoms with Gasteiger partial charge in [-0.25, -0.2) is 4.57 Å². The number of aliphatic hydroxyl groups excluding tert-OH is 1. The molecule has 0 rings (SSSR count). The average molecular weight is 236 g/mol. The van der Waals surface area contributed by atoms with Crippen molar-refractivity contribution in [3.05, 3.63) is 19.6 Å². The molecule has 1 unspecified atom stereocenters. The molecule has 0 heterocycles. The average Bonchev–Trinajstić information content (AvgIpc) is 1.83. The van der Waals surface area contributed by atoms with E-state index in [1.165, 1.54) is 0 Å². The van der Waals surface area contributed by atoms with E-state index in [0.717, 1.165) is 0 Å². The molecule has 0 aliphatic heterocycles. The smallest absolute Gasteiger partial charge is 0.423 e. The second-order valence-corrected chi connectivity index (χ2v) is 3.02. The zero-order valence-electron chi connectivity index (χ0n) is 8.04. The van der Waals surface area contributed by atoms with Gasteiger partial charge in [-0.2, -0.15) is 0 Å². The fourth-order valence-corrected chi connectivity index (χ4v) is 0.287. The molecule has 0 aliphatic rings. The summed E-state index contributed by atoms with van der Waals surface area (Å²) < 4.78 is 13.7. The van der Waals surface area contributed by atoms with E-state index in [-0.39, 0.29) is 36.2 Å². The summed E-state index contributed by atoms with van der Waals surface area (Å²) in [6.45, 7) is 7.50. The van der Waals surface area contributed by atoms with Crippen molar-refractivity contribution in [3.63, 3.8) is 0 Å². The van der Waals surface area contributed by atoms with Crippen LogP contribution < -0.4 is 29.6 Å². The van der Waals surface area contributed by atoms with Crippen molar-refractivity contribution in [2.75, 3.05) is 13.2 Å². The SMILES string of the molecule is C=CCOCC([CH2-])O.O=P(O)(O)O.[Na+]. The van der Waals surface area contributed by atoms with Gasteiger partial charge in [-0.05, 0) is 6.10 Å². The summed E-state index contributed by atoms with van der Waals surface area (Å²) >= 11 is 0. The quantitative estimate of drug-likeness (QED) is 0.132. The minimum atomic E-state index is -4.64. The first-order chi connectivity index (χ1) is 5.77. The maximum Gasteiger partial charge on any atom is 1.00 e. The number of hydrogen-bond acceptors (Lipinski definition) is 3. The maximum atomic E-state index is 8.88. The van der Waals surface area contributed by atoms with Crippen LogP contribution in [0.5, 0.6) is 0 Å². The largest absolute Gasteiger partial charge is 1.00 e. The Bertz CT molecular complexity index is 159. The van der Waals surface area contributed by atoms with Crippen LogP contribution in [0.25, 0.3) is 0 Å². The first-order valence-corrected chi connectivity index (χ1v) is 4.82. The van der Waals surface area contributed by atoms with Gasteiger partial charge in [0.2, 0.25) is 0 Å². The molecule has 0 bridgehead atoms. The summed E-state index contributed by atoms with van der Waals surface area (Å²) in [4.78, 5) is 21.6. The van der Waals surface area contributed by atoms with E-state index in [2.05, 4.69) is 13.5 Å². The zero-order chi connectivity index (χ0) is 10.9. The maximum absolute atomic E-state index is 8.88. The Labute approximate surface area is 105 Å². The molecule has 0 fully saturated rings. The topological polar surface area (TPSA) is 107 Å². The second-order valence-electron chi connectivity index (χ2n) is 1.99. The molecule has 0 amide bonds. The molecule has 6 nitrogen and oxygen atoms in total. The van der Waals surface area contributed by atoms with E-state index in [0.29, 0.717) is 6.61 Å². The monoisotopic (exact) mass is 236 g/mol. The van der Waals surface area contributed by atoms with Gasteiger partial charge in [0.25, 0.3) is 0 Å².